The van der Waals surface area contributed by atoms with E-state index in [-0.39, 0.29) is 6.61 Å². The van der Waals surface area contributed by atoms with E-state index in [1.54, 1.807) is 12.1 Å². The van der Waals surface area contributed by atoms with Gasteiger partial charge in [-0.1, -0.05) is 19.1 Å². The van der Waals surface area contributed by atoms with Crippen molar-refractivity contribution in [1.82, 2.24) is 5.32 Å². The van der Waals surface area contributed by atoms with Crippen LogP contribution in [-0.4, -0.2) is 36.5 Å². The molecule has 0 aliphatic carbocycles. The maximum absolute atomic E-state index is 11.7. The largest absolute Gasteiger partial charge is 0.548 e. The van der Waals surface area contributed by atoms with Crippen LogP contribution >= 0.6 is 11.8 Å². The second-order valence-electron chi connectivity index (χ2n) is 4.51. The molecule has 116 valence electrons. The minimum Gasteiger partial charge on any atom is -0.548 e. The van der Waals surface area contributed by atoms with Gasteiger partial charge < -0.3 is 20.0 Å². The van der Waals surface area contributed by atoms with Crippen molar-refractivity contribution >= 4 is 23.6 Å². The van der Waals surface area contributed by atoms with E-state index in [4.69, 9.17) is 4.74 Å². The Bertz CT molecular complexity index is 461. The Morgan fingerprint density at radius 1 is 1.33 bits per heavy atom. The second-order valence-corrected chi connectivity index (χ2v) is 5.49. The van der Waals surface area contributed by atoms with Crippen LogP contribution in [-0.2, 0) is 16.0 Å². The number of carboxylic acid groups (broad SMARTS) is 1. The molecule has 0 spiro atoms. The first kappa shape index (κ1) is 17.4. The summed E-state index contributed by atoms with van der Waals surface area (Å²) in [7, 11) is 0. The molecule has 1 aromatic carbocycles. The summed E-state index contributed by atoms with van der Waals surface area (Å²) in [5.74, 6) is -0.524. The molecule has 0 fully saturated rings. The van der Waals surface area contributed by atoms with Crippen LogP contribution in [0.4, 0.5) is 0 Å². The Balaban J connectivity index is 2.42. The lowest BCUT2D eigenvalue weighted by atomic mass is 10.2. The number of thioether (sulfide) groups is 1. The monoisotopic (exact) mass is 310 g/mol. The molecule has 0 saturated carbocycles. The zero-order valence-corrected chi connectivity index (χ0v) is 13.1. The quantitative estimate of drug-likeness (QED) is 0.723. The molecule has 1 atom stereocenters. The van der Waals surface area contributed by atoms with Gasteiger partial charge in [-0.2, -0.15) is 11.8 Å². The van der Waals surface area contributed by atoms with Crippen LogP contribution in [0.1, 0.15) is 18.9 Å². The van der Waals surface area contributed by atoms with Gasteiger partial charge in [0.1, 0.15) is 5.75 Å². The van der Waals surface area contributed by atoms with E-state index in [2.05, 4.69) is 12.2 Å². The van der Waals surface area contributed by atoms with Crippen LogP contribution in [0, 0.1) is 0 Å². The number of amides is 1. The van der Waals surface area contributed by atoms with Crippen LogP contribution in [0.5, 0.6) is 5.75 Å². The number of carbonyl (C=O) groups is 2. The molecule has 0 unspecified atom stereocenters. The highest BCUT2D eigenvalue weighted by molar-refractivity contribution is 7.98. The van der Waals surface area contributed by atoms with E-state index < -0.39 is 17.9 Å². The van der Waals surface area contributed by atoms with Crippen molar-refractivity contribution in [3.05, 3.63) is 29.8 Å². The highest BCUT2D eigenvalue weighted by atomic mass is 32.2. The molecule has 1 aromatic rings. The van der Waals surface area contributed by atoms with Crippen LogP contribution in [0.15, 0.2) is 24.3 Å². The zero-order chi connectivity index (χ0) is 15.7. The van der Waals surface area contributed by atoms with Crippen molar-refractivity contribution in [3.8, 4) is 5.75 Å². The molecule has 21 heavy (non-hydrogen) atoms. The molecule has 1 amide bonds. The van der Waals surface area contributed by atoms with Gasteiger partial charge in [-0.3, -0.25) is 4.79 Å². The van der Waals surface area contributed by atoms with E-state index in [1.807, 2.05) is 18.4 Å². The Morgan fingerprint density at radius 3 is 2.52 bits per heavy atom. The number of carboxylic acids is 1. The first-order valence-corrected chi connectivity index (χ1v) is 8.17. The molecule has 0 aliphatic heterocycles. The van der Waals surface area contributed by atoms with Gasteiger partial charge in [-0.25, -0.2) is 0 Å². The molecule has 0 aliphatic rings. The number of rotatable bonds is 9. The minimum atomic E-state index is -1.27. The number of hydrogen-bond donors (Lipinski definition) is 1. The molecule has 0 radical (unpaired) electrons. The minimum absolute atomic E-state index is 0.214. The third-order valence-corrected chi connectivity index (χ3v) is 3.58. The summed E-state index contributed by atoms with van der Waals surface area (Å²) < 4.78 is 5.32. The summed E-state index contributed by atoms with van der Waals surface area (Å²) >= 11 is 1.51. The van der Waals surface area contributed by atoms with Crippen LogP contribution < -0.4 is 15.2 Å². The van der Waals surface area contributed by atoms with Crippen molar-refractivity contribution in [2.45, 2.75) is 25.8 Å². The van der Waals surface area contributed by atoms with Gasteiger partial charge in [0.2, 0.25) is 0 Å². The number of carbonyl (C=O) groups excluding carboxylic acids is 2. The number of aliphatic carboxylic acids is 1. The van der Waals surface area contributed by atoms with Crippen molar-refractivity contribution < 1.29 is 19.4 Å². The fourth-order valence-corrected chi connectivity index (χ4v) is 2.16. The summed E-state index contributed by atoms with van der Waals surface area (Å²) in [6.45, 7) is 1.84. The summed E-state index contributed by atoms with van der Waals surface area (Å²) in [4.78, 5) is 22.6. The molecule has 0 saturated heterocycles. The van der Waals surface area contributed by atoms with Crippen molar-refractivity contribution in [2.24, 2.45) is 0 Å². The average Bonchev–Trinajstić information content (AvgIpc) is 2.49. The van der Waals surface area contributed by atoms with Crippen LogP contribution in [0.25, 0.3) is 0 Å². The third-order valence-electron chi connectivity index (χ3n) is 2.93. The van der Waals surface area contributed by atoms with E-state index in [1.165, 1.54) is 17.3 Å². The molecule has 6 heteroatoms. The van der Waals surface area contributed by atoms with Gasteiger partial charge in [-0.05, 0) is 42.5 Å². The highest BCUT2D eigenvalue weighted by Gasteiger charge is 2.13. The molecule has 0 heterocycles. The lowest BCUT2D eigenvalue weighted by Gasteiger charge is -2.19. The standard InChI is InChI=1S/C15H21NO4S/c1-3-11-4-6-12(7-5-11)20-10-14(17)16-13(15(18)19)8-9-21-2/h4-7,13H,3,8-10H2,1-2H3,(H,16,17)(H,18,19)/p-1/t13-/m1/s1. The van der Waals surface area contributed by atoms with Gasteiger partial charge >= 0.3 is 0 Å². The average molecular weight is 310 g/mol. The summed E-state index contributed by atoms with van der Waals surface area (Å²) in [5, 5.41) is 13.3. The molecule has 0 aromatic heterocycles. The van der Waals surface area contributed by atoms with E-state index in [0.29, 0.717) is 17.9 Å². The van der Waals surface area contributed by atoms with E-state index >= 15 is 0 Å². The van der Waals surface area contributed by atoms with E-state index in [0.717, 1.165) is 6.42 Å². The molecular weight excluding hydrogens is 290 g/mol. The predicted octanol–water partition coefficient (Wildman–Crippen LogP) is 0.616. The first-order valence-electron chi connectivity index (χ1n) is 6.77. The van der Waals surface area contributed by atoms with E-state index in [9.17, 15) is 14.7 Å². The van der Waals surface area contributed by atoms with Gasteiger partial charge in [0, 0.05) is 0 Å². The first-order chi connectivity index (χ1) is 10.1. The number of benzene rings is 1. The molecule has 1 rings (SSSR count). The molecule has 5 nitrogen and oxygen atoms in total. The van der Waals surface area contributed by atoms with Gasteiger partial charge in [-0.15, -0.1) is 0 Å². The fourth-order valence-electron chi connectivity index (χ4n) is 1.69. The van der Waals surface area contributed by atoms with Gasteiger partial charge in [0.15, 0.2) is 6.61 Å². The van der Waals surface area contributed by atoms with Gasteiger partial charge in [0.25, 0.3) is 5.91 Å². The number of hydrogen-bond acceptors (Lipinski definition) is 5. The third kappa shape index (κ3) is 6.53. The maximum Gasteiger partial charge on any atom is 0.258 e. The second kappa shape index (κ2) is 9.28. The lowest BCUT2D eigenvalue weighted by molar-refractivity contribution is -0.308. The Hall–Kier alpha value is -1.69. The SMILES string of the molecule is CCc1ccc(OCC(=O)N[C@H](CCSC)C(=O)[O-])cc1. The Kier molecular flexibility index (Phi) is 7.68. The number of ether oxygens (including phenoxy) is 1. The van der Waals surface area contributed by atoms with Crippen molar-refractivity contribution in [3.63, 3.8) is 0 Å². The summed E-state index contributed by atoms with van der Waals surface area (Å²) in [5.41, 5.74) is 1.18. The fraction of sp³-hybridized carbons (Fsp3) is 0.467. The molecule has 0 bridgehead atoms. The van der Waals surface area contributed by atoms with Crippen LogP contribution in [0.3, 0.4) is 0 Å². The molecule has 1 N–H and O–H groups in total. The topological polar surface area (TPSA) is 78.5 Å². The Morgan fingerprint density at radius 2 is 2.00 bits per heavy atom. The number of nitrogens with one attached hydrogen (secondary N) is 1. The summed E-state index contributed by atoms with van der Waals surface area (Å²) in [6.07, 6.45) is 3.14. The maximum atomic E-state index is 11.7. The predicted molar refractivity (Wildman–Crippen MR) is 81.3 cm³/mol. The highest BCUT2D eigenvalue weighted by Crippen LogP contribution is 2.12. The van der Waals surface area contributed by atoms with Gasteiger partial charge in [0.05, 0.1) is 12.0 Å². The lowest BCUT2D eigenvalue weighted by Crippen LogP contribution is -2.49. The zero-order valence-electron chi connectivity index (χ0n) is 12.3. The van der Waals surface area contributed by atoms with Crippen LogP contribution in [0.2, 0.25) is 0 Å². The Labute approximate surface area is 129 Å². The van der Waals surface area contributed by atoms with Crippen molar-refractivity contribution in [2.75, 3.05) is 18.6 Å². The normalized spacial score (nSPS) is 11.7. The molecular formula is C15H20NO4S-. The number of aryl methyl sites for hydroxylation is 1. The van der Waals surface area contributed by atoms with Crippen molar-refractivity contribution in [1.29, 1.82) is 0 Å². The summed E-state index contributed by atoms with van der Waals surface area (Å²) in [6, 6.07) is 6.45. The smallest absolute Gasteiger partial charge is 0.258 e.